The molecule has 0 fully saturated rings. The van der Waals surface area contributed by atoms with Crippen LogP contribution in [0.1, 0.15) is 5.56 Å². The first-order chi connectivity index (χ1) is 7.67. The van der Waals surface area contributed by atoms with Crippen LogP contribution in [0.15, 0.2) is 22.7 Å². The van der Waals surface area contributed by atoms with Gasteiger partial charge in [-0.05, 0) is 18.2 Å². The Morgan fingerprint density at radius 3 is 2.88 bits per heavy atom. The second-order valence-electron chi connectivity index (χ2n) is 3.33. The number of benzene rings is 1. The number of rotatable bonds is 5. The maximum atomic E-state index is 13.4. The highest BCUT2D eigenvalue weighted by molar-refractivity contribution is 9.10. The quantitative estimate of drug-likeness (QED) is 0.841. The van der Waals surface area contributed by atoms with Gasteiger partial charge in [0.2, 0.25) is 0 Å². The largest absolute Gasteiger partial charge is 0.395 e. The number of nitriles is 1. The highest BCUT2D eigenvalue weighted by Crippen LogP contribution is 2.17. The van der Waals surface area contributed by atoms with E-state index in [2.05, 4.69) is 15.9 Å². The van der Waals surface area contributed by atoms with Crippen molar-refractivity contribution in [3.8, 4) is 6.07 Å². The predicted octanol–water partition coefficient (Wildman–Crippen LogP) is 1.91. The molecule has 0 atom stereocenters. The third-order valence-corrected chi connectivity index (χ3v) is 2.61. The highest BCUT2D eigenvalue weighted by atomic mass is 79.9. The van der Waals surface area contributed by atoms with Crippen molar-refractivity contribution in [3.05, 3.63) is 34.1 Å². The molecule has 16 heavy (non-hydrogen) atoms. The summed E-state index contributed by atoms with van der Waals surface area (Å²) in [6, 6.07) is 6.67. The Hall–Kier alpha value is -0.960. The van der Waals surface area contributed by atoms with E-state index >= 15 is 0 Å². The van der Waals surface area contributed by atoms with Crippen LogP contribution in [-0.4, -0.2) is 29.7 Å². The Bertz CT molecular complexity index is 392. The van der Waals surface area contributed by atoms with E-state index in [9.17, 15) is 4.39 Å². The molecule has 1 aromatic rings. The summed E-state index contributed by atoms with van der Waals surface area (Å²) < 4.78 is 14.2. The van der Waals surface area contributed by atoms with Gasteiger partial charge in [0.25, 0.3) is 0 Å². The van der Waals surface area contributed by atoms with Crippen molar-refractivity contribution in [1.29, 1.82) is 5.26 Å². The molecule has 0 aliphatic heterocycles. The second kappa shape index (κ2) is 6.59. The molecule has 0 amide bonds. The molecular formula is C11H12BrFN2O. The number of hydrogen-bond acceptors (Lipinski definition) is 3. The monoisotopic (exact) mass is 286 g/mol. The van der Waals surface area contributed by atoms with E-state index < -0.39 is 0 Å². The van der Waals surface area contributed by atoms with Gasteiger partial charge in [0.05, 0.1) is 19.2 Å². The first-order valence-electron chi connectivity index (χ1n) is 4.81. The van der Waals surface area contributed by atoms with Crippen molar-refractivity contribution < 1.29 is 9.50 Å². The van der Waals surface area contributed by atoms with Crippen molar-refractivity contribution in [3.63, 3.8) is 0 Å². The number of halogens is 2. The minimum absolute atomic E-state index is 0.0443. The molecule has 1 N–H and O–H groups in total. The van der Waals surface area contributed by atoms with Crippen LogP contribution in [0.4, 0.5) is 4.39 Å². The molecule has 0 bridgehead atoms. The zero-order valence-electron chi connectivity index (χ0n) is 8.66. The van der Waals surface area contributed by atoms with Crippen molar-refractivity contribution in [1.82, 2.24) is 4.90 Å². The van der Waals surface area contributed by atoms with E-state index in [4.69, 9.17) is 10.4 Å². The molecule has 0 aliphatic rings. The van der Waals surface area contributed by atoms with Gasteiger partial charge in [-0.1, -0.05) is 15.9 Å². The SMILES string of the molecule is N#CCN(CCO)Cc1cc(Br)ccc1F. The number of aliphatic hydroxyl groups excluding tert-OH is 1. The van der Waals surface area contributed by atoms with Crippen LogP contribution in [0.3, 0.4) is 0 Å². The lowest BCUT2D eigenvalue weighted by Gasteiger charge is -2.18. The molecule has 0 aromatic heterocycles. The van der Waals surface area contributed by atoms with Gasteiger partial charge in [0.15, 0.2) is 0 Å². The van der Waals surface area contributed by atoms with Crippen LogP contribution in [-0.2, 0) is 6.54 Å². The van der Waals surface area contributed by atoms with Crippen LogP contribution < -0.4 is 0 Å². The lowest BCUT2D eigenvalue weighted by atomic mass is 10.2. The summed E-state index contributed by atoms with van der Waals surface area (Å²) in [6.45, 7) is 0.808. The fourth-order valence-corrected chi connectivity index (χ4v) is 1.77. The first kappa shape index (κ1) is 13.1. The molecule has 86 valence electrons. The number of hydrogen-bond donors (Lipinski definition) is 1. The zero-order valence-corrected chi connectivity index (χ0v) is 10.2. The second-order valence-corrected chi connectivity index (χ2v) is 4.24. The van der Waals surface area contributed by atoms with Gasteiger partial charge in [0, 0.05) is 23.1 Å². The Balaban J connectivity index is 2.76. The molecule has 0 heterocycles. The van der Waals surface area contributed by atoms with E-state index in [0.29, 0.717) is 18.7 Å². The standard InChI is InChI=1S/C11H12BrFN2O/c12-10-1-2-11(13)9(7-10)8-15(4-3-14)5-6-16/h1-2,7,16H,4-6,8H2. The number of aliphatic hydroxyl groups is 1. The summed E-state index contributed by atoms with van der Waals surface area (Å²) in [7, 11) is 0. The molecule has 1 aromatic carbocycles. The lowest BCUT2D eigenvalue weighted by molar-refractivity contribution is 0.203. The van der Waals surface area contributed by atoms with Gasteiger partial charge in [-0.15, -0.1) is 0 Å². The summed E-state index contributed by atoms with van der Waals surface area (Å²) in [4.78, 5) is 1.69. The van der Waals surface area contributed by atoms with Crippen molar-refractivity contribution >= 4 is 15.9 Å². The summed E-state index contributed by atoms with van der Waals surface area (Å²) >= 11 is 3.26. The molecule has 3 nitrogen and oxygen atoms in total. The van der Waals surface area contributed by atoms with E-state index in [-0.39, 0.29) is 19.0 Å². The highest BCUT2D eigenvalue weighted by Gasteiger charge is 2.09. The molecule has 0 aliphatic carbocycles. The van der Waals surface area contributed by atoms with E-state index in [1.165, 1.54) is 6.07 Å². The Labute approximate surface area is 102 Å². The lowest BCUT2D eigenvalue weighted by Crippen LogP contribution is -2.27. The smallest absolute Gasteiger partial charge is 0.127 e. The normalized spacial score (nSPS) is 10.4. The average Bonchev–Trinajstić information content (AvgIpc) is 2.24. The fourth-order valence-electron chi connectivity index (χ4n) is 1.36. The first-order valence-corrected chi connectivity index (χ1v) is 5.60. The molecule has 0 saturated heterocycles. The molecule has 0 saturated carbocycles. The summed E-state index contributed by atoms with van der Waals surface area (Å²) in [5.41, 5.74) is 0.512. The van der Waals surface area contributed by atoms with Gasteiger partial charge < -0.3 is 5.11 Å². The summed E-state index contributed by atoms with van der Waals surface area (Å²) in [5.74, 6) is -0.302. The van der Waals surface area contributed by atoms with Crippen LogP contribution >= 0.6 is 15.9 Å². The van der Waals surface area contributed by atoms with Gasteiger partial charge >= 0.3 is 0 Å². The zero-order chi connectivity index (χ0) is 12.0. The Kier molecular flexibility index (Phi) is 5.39. The van der Waals surface area contributed by atoms with Gasteiger partial charge in [-0.2, -0.15) is 5.26 Å². The van der Waals surface area contributed by atoms with Crippen LogP contribution in [0.25, 0.3) is 0 Å². The van der Waals surface area contributed by atoms with Gasteiger partial charge in [-0.25, -0.2) is 4.39 Å². The van der Waals surface area contributed by atoms with Crippen molar-refractivity contribution in [2.75, 3.05) is 19.7 Å². The Morgan fingerprint density at radius 2 is 2.25 bits per heavy atom. The molecule has 1 rings (SSSR count). The molecule has 0 spiro atoms. The Morgan fingerprint density at radius 1 is 1.50 bits per heavy atom. The van der Waals surface area contributed by atoms with Gasteiger partial charge in [-0.3, -0.25) is 4.90 Å². The summed E-state index contributed by atoms with van der Waals surface area (Å²) in [5, 5.41) is 17.4. The van der Waals surface area contributed by atoms with Crippen molar-refractivity contribution in [2.45, 2.75) is 6.54 Å². The van der Waals surface area contributed by atoms with E-state index in [1.807, 2.05) is 6.07 Å². The maximum absolute atomic E-state index is 13.4. The van der Waals surface area contributed by atoms with Crippen LogP contribution in [0.5, 0.6) is 0 Å². The van der Waals surface area contributed by atoms with Gasteiger partial charge in [0.1, 0.15) is 5.82 Å². The molecule has 0 unspecified atom stereocenters. The topological polar surface area (TPSA) is 47.3 Å². The molecule has 0 radical (unpaired) electrons. The minimum Gasteiger partial charge on any atom is -0.395 e. The van der Waals surface area contributed by atoms with E-state index in [1.54, 1.807) is 17.0 Å². The van der Waals surface area contributed by atoms with E-state index in [0.717, 1.165) is 4.47 Å². The third-order valence-electron chi connectivity index (χ3n) is 2.11. The maximum Gasteiger partial charge on any atom is 0.127 e. The fraction of sp³-hybridized carbons (Fsp3) is 0.364. The van der Waals surface area contributed by atoms with Crippen LogP contribution in [0, 0.1) is 17.1 Å². The predicted molar refractivity (Wildman–Crippen MR) is 62.1 cm³/mol. The van der Waals surface area contributed by atoms with Crippen LogP contribution in [0.2, 0.25) is 0 Å². The number of nitrogens with zero attached hydrogens (tertiary/aromatic N) is 2. The molecule has 5 heteroatoms. The molecular weight excluding hydrogens is 275 g/mol. The third kappa shape index (κ3) is 3.89. The van der Waals surface area contributed by atoms with Crippen molar-refractivity contribution in [2.24, 2.45) is 0 Å². The summed E-state index contributed by atoms with van der Waals surface area (Å²) in [6.07, 6.45) is 0. The minimum atomic E-state index is -0.302. The average molecular weight is 287 g/mol.